The van der Waals surface area contributed by atoms with E-state index < -0.39 is 6.10 Å². The number of hydrogen-bond donors (Lipinski definition) is 1. The predicted octanol–water partition coefficient (Wildman–Crippen LogP) is 5.13. The summed E-state index contributed by atoms with van der Waals surface area (Å²) in [6, 6.07) is 27.3. The van der Waals surface area contributed by atoms with Gasteiger partial charge in [0.15, 0.2) is 5.78 Å². The summed E-state index contributed by atoms with van der Waals surface area (Å²) < 4.78 is 0. The Labute approximate surface area is 151 Å². The molecule has 4 aromatic rings. The van der Waals surface area contributed by atoms with E-state index >= 15 is 0 Å². The fourth-order valence-electron chi connectivity index (χ4n) is 3.99. The zero-order valence-corrected chi connectivity index (χ0v) is 14.0. The molecular formula is C24H16O2. The van der Waals surface area contributed by atoms with E-state index in [0.29, 0.717) is 22.3 Å². The van der Waals surface area contributed by atoms with Crippen LogP contribution in [0, 0.1) is 0 Å². The van der Waals surface area contributed by atoms with Crippen molar-refractivity contribution in [3.63, 3.8) is 0 Å². The van der Waals surface area contributed by atoms with E-state index in [1.165, 1.54) is 0 Å². The quantitative estimate of drug-likeness (QED) is 0.523. The van der Waals surface area contributed by atoms with Gasteiger partial charge in [-0.1, -0.05) is 78.9 Å². The Kier molecular flexibility index (Phi) is 3.27. The summed E-state index contributed by atoms with van der Waals surface area (Å²) in [6.07, 6.45) is -0.821. The summed E-state index contributed by atoms with van der Waals surface area (Å²) in [6.45, 7) is 0. The highest BCUT2D eigenvalue weighted by molar-refractivity contribution is 6.17. The van der Waals surface area contributed by atoms with Crippen LogP contribution in [0.15, 0.2) is 84.9 Å². The Morgan fingerprint density at radius 1 is 0.731 bits per heavy atom. The molecule has 0 spiro atoms. The van der Waals surface area contributed by atoms with Crippen LogP contribution in [-0.4, -0.2) is 10.9 Å². The lowest BCUT2D eigenvalue weighted by Crippen LogP contribution is -2.20. The molecule has 0 bridgehead atoms. The molecule has 1 N–H and O–H groups in total. The monoisotopic (exact) mass is 336 g/mol. The van der Waals surface area contributed by atoms with E-state index in [0.717, 1.165) is 21.9 Å². The molecular weight excluding hydrogens is 320 g/mol. The lowest BCUT2D eigenvalue weighted by atomic mass is 9.77. The molecule has 2 heteroatoms. The van der Waals surface area contributed by atoms with Gasteiger partial charge < -0.3 is 5.11 Å². The van der Waals surface area contributed by atoms with Crippen molar-refractivity contribution in [1.82, 2.24) is 0 Å². The molecule has 4 aromatic carbocycles. The molecule has 124 valence electrons. The van der Waals surface area contributed by atoms with E-state index in [4.69, 9.17) is 0 Å². The number of aliphatic hydroxyl groups is 1. The van der Waals surface area contributed by atoms with Gasteiger partial charge in [-0.05, 0) is 33.5 Å². The van der Waals surface area contributed by atoms with Gasteiger partial charge in [-0.2, -0.15) is 0 Å². The zero-order chi connectivity index (χ0) is 17.7. The second-order valence-electron chi connectivity index (χ2n) is 6.62. The minimum Gasteiger partial charge on any atom is -0.384 e. The largest absolute Gasteiger partial charge is 0.384 e. The first kappa shape index (κ1) is 15.1. The number of rotatable bonds is 1. The third-order valence-electron chi connectivity index (χ3n) is 5.17. The van der Waals surface area contributed by atoms with Crippen molar-refractivity contribution in [3.05, 3.63) is 107 Å². The van der Waals surface area contributed by atoms with Gasteiger partial charge in [0.2, 0.25) is 0 Å². The number of aliphatic hydroxyl groups excluding tert-OH is 1. The maximum Gasteiger partial charge on any atom is 0.193 e. The molecule has 0 fully saturated rings. The number of carbonyl (C=O) groups is 1. The molecule has 1 atom stereocenters. The van der Waals surface area contributed by atoms with E-state index in [2.05, 4.69) is 6.07 Å². The molecule has 1 unspecified atom stereocenters. The smallest absolute Gasteiger partial charge is 0.193 e. The maximum atomic E-state index is 13.2. The molecule has 0 aromatic heterocycles. The summed E-state index contributed by atoms with van der Waals surface area (Å²) in [4.78, 5) is 13.2. The lowest BCUT2D eigenvalue weighted by molar-refractivity contribution is 0.102. The van der Waals surface area contributed by atoms with Crippen LogP contribution in [0.5, 0.6) is 0 Å². The van der Waals surface area contributed by atoms with Crippen LogP contribution in [0.1, 0.15) is 33.2 Å². The molecule has 1 aliphatic rings. The molecule has 0 amide bonds. The van der Waals surface area contributed by atoms with Crippen molar-refractivity contribution in [1.29, 1.82) is 0 Å². The first-order chi connectivity index (χ1) is 12.8. The number of benzene rings is 4. The van der Waals surface area contributed by atoms with Crippen molar-refractivity contribution < 1.29 is 9.90 Å². The Balaban J connectivity index is 1.94. The summed E-state index contributed by atoms with van der Waals surface area (Å²) in [5, 5.41) is 13.2. The van der Waals surface area contributed by atoms with Gasteiger partial charge in [0.05, 0.1) is 0 Å². The summed E-state index contributed by atoms with van der Waals surface area (Å²) in [5.41, 5.74) is 4.51. The lowest BCUT2D eigenvalue weighted by Gasteiger charge is -2.27. The van der Waals surface area contributed by atoms with Crippen LogP contribution in [0.3, 0.4) is 0 Å². The van der Waals surface area contributed by atoms with Gasteiger partial charge in [0, 0.05) is 16.7 Å². The topological polar surface area (TPSA) is 37.3 Å². The summed E-state index contributed by atoms with van der Waals surface area (Å²) in [7, 11) is 0. The summed E-state index contributed by atoms with van der Waals surface area (Å²) in [5.74, 6) is -0.0242. The van der Waals surface area contributed by atoms with Crippen molar-refractivity contribution in [2.75, 3.05) is 0 Å². The highest BCUT2D eigenvalue weighted by atomic mass is 16.3. The number of hydrogen-bond acceptors (Lipinski definition) is 2. The highest BCUT2D eigenvalue weighted by Crippen LogP contribution is 2.44. The second kappa shape index (κ2) is 5.65. The Morgan fingerprint density at radius 3 is 2.27 bits per heavy atom. The number of ketones is 1. The van der Waals surface area contributed by atoms with E-state index in [9.17, 15) is 9.90 Å². The second-order valence-corrected chi connectivity index (χ2v) is 6.62. The van der Waals surface area contributed by atoms with E-state index in [1.807, 2.05) is 72.8 Å². The number of fused-ring (bicyclic) bond motifs is 3. The molecule has 2 nitrogen and oxygen atoms in total. The fraction of sp³-hybridized carbons (Fsp3) is 0.0417. The van der Waals surface area contributed by atoms with Crippen LogP contribution in [-0.2, 0) is 0 Å². The predicted molar refractivity (Wildman–Crippen MR) is 103 cm³/mol. The van der Waals surface area contributed by atoms with Crippen LogP contribution in [0.2, 0.25) is 0 Å². The number of carbonyl (C=O) groups excluding carboxylic acids is 1. The van der Waals surface area contributed by atoms with Crippen LogP contribution < -0.4 is 0 Å². The van der Waals surface area contributed by atoms with Gasteiger partial charge >= 0.3 is 0 Å². The van der Waals surface area contributed by atoms with E-state index in [1.54, 1.807) is 6.07 Å². The average Bonchev–Trinajstić information content (AvgIpc) is 2.71. The Hall–Kier alpha value is -3.23. The third-order valence-corrected chi connectivity index (χ3v) is 5.17. The minimum atomic E-state index is -0.821. The molecule has 1 aliphatic carbocycles. The first-order valence-corrected chi connectivity index (χ1v) is 8.68. The average molecular weight is 336 g/mol. The highest BCUT2D eigenvalue weighted by Gasteiger charge is 2.32. The fourth-order valence-corrected chi connectivity index (χ4v) is 3.99. The van der Waals surface area contributed by atoms with E-state index in [-0.39, 0.29) is 5.78 Å². The van der Waals surface area contributed by atoms with Crippen LogP contribution in [0.4, 0.5) is 0 Å². The van der Waals surface area contributed by atoms with Crippen molar-refractivity contribution in [3.8, 4) is 11.1 Å². The van der Waals surface area contributed by atoms with Gasteiger partial charge in [-0.25, -0.2) is 0 Å². The standard InChI is InChI=1S/C24H16O2/c25-23-18-12-6-7-13-19(18)24(26)22-20(23)14-16-10-4-5-11-17(16)21(22)15-8-2-1-3-9-15/h1-14,24,26H. The summed E-state index contributed by atoms with van der Waals surface area (Å²) >= 11 is 0. The van der Waals surface area contributed by atoms with Crippen LogP contribution in [0.25, 0.3) is 21.9 Å². The molecule has 0 saturated carbocycles. The maximum absolute atomic E-state index is 13.2. The van der Waals surface area contributed by atoms with Gasteiger partial charge in [-0.3, -0.25) is 4.79 Å². The van der Waals surface area contributed by atoms with Crippen molar-refractivity contribution in [2.24, 2.45) is 0 Å². The molecule has 26 heavy (non-hydrogen) atoms. The molecule has 5 rings (SSSR count). The third kappa shape index (κ3) is 2.06. The minimum absolute atomic E-state index is 0.0242. The van der Waals surface area contributed by atoms with Gasteiger partial charge in [0.1, 0.15) is 6.10 Å². The Morgan fingerprint density at radius 2 is 1.42 bits per heavy atom. The van der Waals surface area contributed by atoms with Crippen LogP contribution >= 0.6 is 0 Å². The van der Waals surface area contributed by atoms with Crippen molar-refractivity contribution >= 4 is 16.6 Å². The van der Waals surface area contributed by atoms with Crippen molar-refractivity contribution in [2.45, 2.75) is 6.10 Å². The molecule has 0 heterocycles. The molecule has 0 radical (unpaired) electrons. The zero-order valence-electron chi connectivity index (χ0n) is 14.0. The normalized spacial score (nSPS) is 15.6. The first-order valence-electron chi connectivity index (χ1n) is 8.68. The molecule has 0 saturated heterocycles. The van der Waals surface area contributed by atoms with Gasteiger partial charge in [-0.15, -0.1) is 0 Å². The SMILES string of the molecule is O=C1c2ccccc2C(O)c2c1cc1ccccc1c2-c1ccccc1. The molecule has 0 aliphatic heterocycles. The Bertz CT molecular complexity index is 1160. The van der Waals surface area contributed by atoms with Gasteiger partial charge in [0.25, 0.3) is 0 Å².